The number of hydrogen-bond acceptors (Lipinski definition) is 4. The Bertz CT molecular complexity index is 1010. The minimum absolute atomic E-state index is 0.0656. The SMILES string of the molecule is Cc1ccc(S(=O)(=O)Nc2ccc(-n3ccc(C(=O)O)n3)cc2)cc1. The minimum Gasteiger partial charge on any atom is -0.476 e. The zero-order chi connectivity index (χ0) is 18.0. The Labute approximate surface area is 144 Å². The van der Waals surface area contributed by atoms with E-state index in [0.29, 0.717) is 11.4 Å². The summed E-state index contributed by atoms with van der Waals surface area (Å²) in [6.45, 7) is 1.88. The molecule has 3 aromatic rings. The third-order valence-corrected chi connectivity index (χ3v) is 4.92. The topological polar surface area (TPSA) is 101 Å². The van der Waals surface area contributed by atoms with Crippen molar-refractivity contribution in [1.82, 2.24) is 9.78 Å². The van der Waals surface area contributed by atoms with Gasteiger partial charge < -0.3 is 5.11 Å². The number of carbonyl (C=O) groups is 1. The van der Waals surface area contributed by atoms with Gasteiger partial charge in [0.15, 0.2) is 5.69 Å². The number of anilines is 1. The second-order valence-corrected chi connectivity index (χ2v) is 7.10. The maximum atomic E-state index is 12.4. The average Bonchev–Trinajstić information content (AvgIpc) is 3.06. The number of benzene rings is 2. The number of aromatic carboxylic acids is 1. The van der Waals surface area contributed by atoms with E-state index in [-0.39, 0.29) is 10.6 Å². The quantitative estimate of drug-likeness (QED) is 0.731. The molecule has 0 atom stereocenters. The van der Waals surface area contributed by atoms with Crippen LogP contribution in [0.2, 0.25) is 0 Å². The summed E-state index contributed by atoms with van der Waals surface area (Å²) >= 11 is 0. The van der Waals surface area contributed by atoms with Gasteiger partial charge in [0.05, 0.1) is 10.6 Å². The van der Waals surface area contributed by atoms with E-state index in [2.05, 4.69) is 9.82 Å². The molecule has 0 bridgehead atoms. The Morgan fingerprint density at radius 2 is 1.68 bits per heavy atom. The van der Waals surface area contributed by atoms with Crippen molar-refractivity contribution in [1.29, 1.82) is 0 Å². The normalized spacial score (nSPS) is 11.2. The Hall–Kier alpha value is -3.13. The molecule has 1 aromatic heterocycles. The van der Waals surface area contributed by atoms with E-state index in [9.17, 15) is 13.2 Å². The molecule has 0 saturated heterocycles. The Morgan fingerprint density at radius 3 is 2.24 bits per heavy atom. The maximum Gasteiger partial charge on any atom is 0.356 e. The number of rotatable bonds is 5. The zero-order valence-corrected chi connectivity index (χ0v) is 14.1. The van der Waals surface area contributed by atoms with Crippen molar-refractivity contribution in [3.05, 3.63) is 72.1 Å². The van der Waals surface area contributed by atoms with E-state index < -0.39 is 16.0 Å². The fourth-order valence-corrected chi connectivity index (χ4v) is 3.25. The van der Waals surface area contributed by atoms with Crippen LogP contribution in [0.25, 0.3) is 5.69 Å². The van der Waals surface area contributed by atoms with Crippen molar-refractivity contribution in [3.63, 3.8) is 0 Å². The summed E-state index contributed by atoms with van der Waals surface area (Å²) < 4.78 is 28.6. The minimum atomic E-state index is -3.66. The van der Waals surface area contributed by atoms with Gasteiger partial charge in [0, 0.05) is 11.9 Å². The standard InChI is InChI=1S/C17H15N3O4S/c1-12-2-8-15(9-3-12)25(23,24)19-13-4-6-14(7-5-13)20-11-10-16(18-20)17(21)22/h2-11,19H,1H3,(H,21,22). The highest BCUT2D eigenvalue weighted by atomic mass is 32.2. The Balaban J connectivity index is 1.80. The molecule has 3 rings (SSSR count). The first-order chi connectivity index (χ1) is 11.8. The smallest absolute Gasteiger partial charge is 0.356 e. The van der Waals surface area contributed by atoms with Gasteiger partial charge in [0.2, 0.25) is 0 Å². The molecule has 0 aliphatic heterocycles. The largest absolute Gasteiger partial charge is 0.476 e. The number of aryl methyl sites for hydroxylation is 1. The first-order valence-electron chi connectivity index (χ1n) is 7.34. The third-order valence-electron chi connectivity index (χ3n) is 3.52. The molecule has 2 aromatic carbocycles. The predicted molar refractivity (Wildman–Crippen MR) is 92.5 cm³/mol. The Kier molecular flexibility index (Phi) is 4.28. The molecule has 0 saturated carbocycles. The molecule has 0 aliphatic rings. The van der Waals surface area contributed by atoms with Gasteiger partial charge in [-0.15, -0.1) is 0 Å². The summed E-state index contributed by atoms with van der Waals surface area (Å²) in [6, 6.07) is 14.4. The van der Waals surface area contributed by atoms with E-state index in [1.165, 1.54) is 16.9 Å². The summed E-state index contributed by atoms with van der Waals surface area (Å²) in [4.78, 5) is 11.0. The van der Waals surface area contributed by atoms with Gasteiger partial charge in [-0.2, -0.15) is 5.10 Å². The number of hydrogen-bond donors (Lipinski definition) is 2. The van der Waals surface area contributed by atoms with Crippen LogP contribution in [0.1, 0.15) is 16.1 Å². The van der Waals surface area contributed by atoms with Gasteiger partial charge in [0.25, 0.3) is 10.0 Å². The summed E-state index contributed by atoms with van der Waals surface area (Å²) in [6.07, 6.45) is 1.52. The number of nitrogens with zero attached hydrogens (tertiary/aromatic N) is 2. The van der Waals surface area contributed by atoms with Crippen LogP contribution >= 0.6 is 0 Å². The van der Waals surface area contributed by atoms with Crippen LogP contribution in [0.4, 0.5) is 5.69 Å². The fraction of sp³-hybridized carbons (Fsp3) is 0.0588. The van der Waals surface area contributed by atoms with E-state index in [1.807, 2.05) is 6.92 Å². The Morgan fingerprint density at radius 1 is 1.04 bits per heavy atom. The molecule has 0 unspecified atom stereocenters. The van der Waals surface area contributed by atoms with Gasteiger partial charge in [-0.25, -0.2) is 17.9 Å². The monoisotopic (exact) mass is 357 g/mol. The maximum absolute atomic E-state index is 12.4. The highest BCUT2D eigenvalue weighted by Crippen LogP contribution is 2.18. The fourth-order valence-electron chi connectivity index (χ4n) is 2.20. The second kappa shape index (κ2) is 6.40. The van der Waals surface area contributed by atoms with Gasteiger partial charge in [-0.05, 0) is 49.4 Å². The molecule has 7 nitrogen and oxygen atoms in total. The van der Waals surface area contributed by atoms with E-state index in [0.717, 1.165) is 5.56 Å². The third kappa shape index (κ3) is 3.69. The molecular formula is C17H15N3O4S. The van der Waals surface area contributed by atoms with Crippen molar-refractivity contribution in [3.8, 4) is 5.69 Å². The molecule has 0 aliphatic carbocycles. The van der Waals surface area contributed by atoms with Gasteiger partial charge in [-0.3, -0.25) is 4.72 Å². The van der Waals surface area contributed by atoms with Crippen LogP contribution in [-0.4, -0.2) is 29.3 Å². The van der Waals surface area contributed by atoms with Gasteiger partial charge in [0.1, 0.15) is 0 Å². The average molecular weight is 357 g/mol. The van der Waals surface area contributed by atoms with Crippen LogP contribution in [0, 0.1) is 6.92 Å². The van der Waals surface area contributed by atoms with Crippen LogP contribution in [-0.2, 0) is 10.0 Å². The molecular weight excluding hydrogens is 342 g/mol. The van der Waals surface area contributed by atoms with Crippen molar-refractivity contribution < 1.29 is 18.3 Å². The van der Waals surface area contributed by atoms with Crippen molar-refractivity contribution in [2.75, 3.05) is 4.72 Å². The molecule has 0 spiro atoms. The summed E-state index contributed by atoms with van der Waals surface area (Å²) in [5.74, 6) is -1.11. The van der Waals surface area contributed by atoms with E-state index in [4.69, 9.17) is 5.11 Å². The molecule has 0 radical (unpaired) electrons. The van der Waals surface area contributed by atoms with Crippen molar-refractivity contribution >= 4 is 21.7 Å². The molecule has 8 heteroatoms. The van der Waals surface area contributed by atoms with Gasteiger partial charge >= 0.3 is 5.97 Å². The van der Waals surface area contributed by atoms with Crippen molar-refractivity contribution in [2.24, 2.45) is 0 Å². The molecule has 2 N–H and O–H groups in total. The second-order valence-electron chi connectivity index (χ2n) is 5.42. The predicted octanol–water partition coefficient (Wildman–Crippen LogP) is 2.68. The number of nitrogens with one attached hydrogen (secondary N) is 1. The summed E-state index contributed by atoms with van der Waals surface area (Å²) in [5.41, 5.74) is 1.92. The van der Waals surface area contributed by atoms with Crippen LogP contribution in [0.3, 0.4) is 0 Å². The lowest BCUT2D eigenvalue weighted by Crippen LogP contribution is -2.12. The van der Waals surface area contributed by atoms with Crippen LogP contribution < -0.4 is 4.72 Å². The molecule has 25 heavy (non-hydrogen) atoms. The highest BCUT2D eigenvalue weighted by molar-refractivity contribution is 7.92. The number of carboxylic acids is 1. The number of sulfonamides is 1. The summed E-state index contributed by atoms with van der Waals surface area (Å²) in [7, 11) is -3.66. The molecule has 128 valence electrons. The number of carboxylic acid groups (broad SMARTS) is 1. The lowest BCUT2D eigenvalue weighted by atomic mass is 10.2. The number of aromatic nitrogens is 2. The lowest BCUT2D eigenvalue weighted by Gasteiger charge is -2.09. The molecule has 0 fully saturated rings. The molecule has 0 amide bonds. The van der Waals surface area contributed by atoms with Gasteiger partial charge in [-0.1, -0.05) is 17.7 Å². The highest BCUT2D eigenvalue weighted by Gasteiger charge is 2.14. The zero-order valence-electron chi connectivity index (χ0n) is 13.2. The molecule has 1 heterocycles. The first-order valence-corrected chi connectivity index (χ1v) is 8.82. The first kappa shape index (κ1) is 16.7. The lowest BCUT2D eigenvalue weighted by molar-refractivity contribution is 0.0690. The van der Waals surface area contributed by atoms with Crippen molar-refractivity contribution in [2.45, 2.75) is 11.8 Å². The van der Waals surface area contributed by atoms with Crippen LogP contribution in [0.5, 0.6) is 0 Å². The van der Waals surface area contributed by atoms with E-state index >= 15 is 0 Å². The van der Waals surface area contributed by atoms with Crippen LogP contribution in [0.15, 0.2) is 65.7 Å². The summed E-state index contributed by atoms with van der Waals surface area (Å²) in [5, 5.41) is 12.8. The van der Waals surface area contributed by atoms with E-state index in [1.54, 1.807) is 48.5 Å².